The van der Waals surface area contributed by atoms with Crippen LogP contribution >= 0.6 is 15.9 Å². The van der Waals surface area contributed by atoms with Gasteiger partial charge in [-0.25, -0.2) is 9.78 Å². The Labute approximate surface area is 165 Å². The Kier molecular flexibility index (Phi) is 5.07. The van der Waals surface area contributed by atoms with Gasteiger partial charge in [0, 0.05) is 28.5 Å². The molecule has 1 aliphatic heterocycles. The van der Waals surface area contributed by atoms with Crippen LogP contribution in [0, 0.1) is 0 Å². The van der Waals surface area contributed by atoms with Crippen molar-refractivity contribution in [3.63, 3.8) is 0 Å². The summed E-state index contributed by atoms with van der Waals surface area (Å²) in [6.45, 7) is 1.48. The molecule has 0 amide bonds. The summed E-state index contributed by atoms with van der Waals surface area (Å²) in [4.78, 5) is 16.4. The molecule has 7 nitrogen and oxygen atoms in total. The summed E-state index contributed by atoms with van der Waals surface area (Å²) in [5, 5.41) is 13.0. The van der Waals surface area contributed by atoms with Crippen LogP contribution in [0.5, 0.6) is 0 Å². The molecule has 4 rings (SSSR count). The number of aromatic nitrogens is 4. The van der Waals surface area contributed by atoms with E-state index in [1.807, 2.05) is 18.2 Å². The number of hydrogen-bond acceptors (Lipinski definition) is 6. The van der Waals surface area contributed by atoms with Crippen molar-refractivity contribution in [2.75, 3.05) is 12.4 Å². The number of pyridine rings is 1. The van der Waals surface area contributed by atoms with Gasteiger partial charge in [0.25, 0.3) is 0 Å². The van der Waals surface area contributed by atoms with Gasteiger partial charge >= 0.3 is 5.97 Å². The normalized spacial score (nSPS) is 13.9. The molecular weight excluding hydrogens is 410 g/mol. The largest absolute Gasteiger partial charge is 0.464 e. The van der Waals surface area contributed by atoms with E-state index >= 15 is 0 Å². The fourth-order valence-corrected chi connectivity index (χ4v) is 3.76. The number of nitrogens with zero attached hydrogens (tertiary/aromatic N) is 4. The second-order valence-corrected chi connectivity index (χ2v) is 7.47. The third-order valence-electron chi connectivity index (χ3n) is 4.79. The zero-order valence-corrected chi connectivity index (χ0v) is 16.6. The Morgan fingerprint density at radius 1 is 1.26 bits per heavy atom. The van der Waals surface area contributed by atoms with Gasteiger partial charge in [-0.1, -0.05) is 22.4 Å². The van der Waals surface area contributed by atoms with E-state index in [0.717, 1.165) is 58.5 Å². The Balaban J connectivity index is 1.67. The first-order chi connectivity index (χ1) is 13.2. The van der Waals surface area contributed by atoms with Crippen molar-refractivity contribution < 1.29 is 9.53 Å². The molecule has 0 saturated heterocycles. The van der Waals surface area contributed by atoms with E-state index in [4.69, 9.17) is 4.74 Å². The summed E-state index contributed by atoms with van der Waals surface area (Å²) in [6, 6.07) is 7.48. The molecule has 0 spiro atoms. The highest BCUT2D eigenvalue weighted by Crippen LogP contribution is 2.27. The number of fused-ring (bicyclic) bond motifs is 2. The van der Waals surface area contributed by atoms with Gasteiger partial charge < -0.3 is 14.6 Å². The minimum absolute atomic E-state index is 0.273. The predicted octanol–water partition coefficient (Wildman–Crippen LogP) is 3.71. The van der Waals surface area contributed by atoms with E-state index in [9.17, 15) is 4.79 Å². The average molecular weight is 430 g/mol. The molecule has 0 fully saturated rings. The summed E-state index contributed by atoms with van der Waals surface area (Å²) in [7, 11) is 1.36. The number of aryl methyl sites for hydroxylation is 1. The number of carbonyl (C=O) groups is 1. The quantitative estimate of drug-likeness (QED) is 0.636. The molecule has 1 aromatic carbocycles. The Bertz CT molecular complexity index is 1000. The maximum atomic E-state index is 12.0. The monoisotopic (exact) mass is 429 g/mol. The van der Waals surface area contributed by atoms with Crippen molar-refractivity contribution in [1.29, 1.82) is 0 Å². The molecule has 3 aromatic rings. The first-order valence-corrected chi connectivity index (χ1v) is 9.78. The number of methoxy groups -OCH3 is 1. The van der Waals surface area contributed by atoms with Crippen LogP contribution in [0.2, 0.25) is 0 Å². The van der Waals surface area contributed by atoms with Crippen molar-refractivity contribution in [3.05, 3.63) is 46.1 Å². The van der Waals surface area contributed by atoms with Crippen LogP contribution < -0.4 is 5.32 Å². The average Bonchev–Trinajstić information content (AvgIpc) is 2.91. The minimum atomic E-state index is -0.459. The fraction of sp³-hybridized carbons (Fsp3) is 0.368. The number of rotatable bonds is 4. The molecule has 0 unspecified atom stereocenters. The lowest BCUT2D eigenvalue weighted by Gasteiger charge is -2.12. The molecule has 0 aliphatic carbocycles. The zero-order chi connectivity index (χ0) is 18.8. The molecule has 0 bridgehead atoms. The number of ether oxygens (including phenoxy) is 1. The molecule has 2 aromatic heterocycles. The molecule has 1 aliphatic rings. The number of hydrogen-bond donors (Lipinski definition) is 1. The Morgan fingerprint density at radius 3 is 3.00 bits per heavy atom. The number of nitrogens with one attached hydrogen (secondary N) is 1. The lowest BCUT2D eigenvalue weighted by molar-refractivity contribution is 0.0594. The summed E-state index contributed by atoms with van der Waals surface area (Å²) in [5.41, 5.74) is 1.81. The molecule has 1 N–H and O–H groups in total. The second kappa shape index (κ2) is 7.64. The summed E-state index contributed by atoms with van der Waals surface area (Å²) in [5.74, 6) is 1.51. The number of esters is 1. The molecular formula is C19H20BrN5O2. The van der Waals surface area contributed by atoms with Gasteiger partial charge in [-0.2, -0.15) is 0 Å². The fourth-order valence-electron chi connectivity index (χ4n) is 3.40. The van der Waals surface area contributed by atoms with Crippen molar-refractivity contribution in [2.45, 2.75) is 38.8 Å². The van der Waals surface area contributed by atoms with Gasteiger partial charge in [0.15, 0.2) is 11.5 Å². The van der Waals surface area contributed by atoms with Gasteiger partial charge in [-0.3, -0.25) is 0 Å². The SMILES string of the molecule is COC(=O)c1cc(NCc2nnc3n2CCCCC3)c2cc(Br)ccc2n1. The van der Waals surface area contributed by atoms with Crippen molar-refractivity contribution in [3.8, 4) is 0 Å². The maximum Gasteiger partial charge on any atom is 0.356 e. The molecule has 0 saturated carbocycles. The zero-order valence-electron chi connectivity index (χ0n) is 15.0. The van der Waals surface area contributed by atoms with Gasteiger partial charge in [0.2, 0.25) is 0 Å². The van der Waals surface area contributed by atoms with E-state index < -0.39 is 5.97 Å². The highest BCUT2D eigenvalue weighted by Gasteiger charge is 2.16. The van der Waals surface area contributed by atoms with Gasteiger partial charge in [0.1, 0.15) is 5.82 Å². The third kappa shape index (κ3) is 3.66. The Hall–Kier alpha value is -2.48. The van der Waals surface area contributed by atoms with E-state index in [1.165, 1.54) is 13.5 Å². The highest BCUT2D eigenvalue weighted by atomic mass is 79.9. The maximum absolute atomic E-state index is 12.0. The highest BCUT2D eigenvalue weighted by molar-refractivity contribution is 9.10. The van der Waals surface area contributed by atoms with Crippen molar-refractivity contribution >= 4 is 38.5 Å². The lowest BCUT2D eigenvalue weighted by atomic mass is 10.1. The first kappa shape index (κ1) is 17.9. The van der Waals surface area contributed by atoms with Crippen LogP contribution in [0.1, 0.15) is 41.4 Å². The third-order valence-corrected chi connectivity index (χ3v) is 5.28. The van der Waals surface area contributed by atoms with Gasteiger partial charge in [0.05, 0.1) is 19.2 Å². The topological polar surface area (TPSA) is 81.9 Å². The smallest absolute Gasteiger partial charge is 0.356 e. The molecule has 8 heteroatoms. The van der Waals surface area contributed by atoms with E-state index in [2.05, 4.69) is 41.0 Å². The van der Waals surface area contributed by atoms with Crippen LogP contribution in [0.4, 0.5) is 5.69 Å². The summed E-state index contributed by atoms with van der Waals surface area (Å²) >= 11 is 3.50. The summed E-state index contributed by atoms with van der Waals surface area (Å²) < 4.78 is 7.99. The number of benzene rings is 1. The van der Waals surface area contributed by atoms with Crippen LogP contribution in [0.25, 0.3) is 10.9 Å². The molecule has 0 atom stereocenters. The van der Waals surface area contributed by atoms with Gasteiger partial charge in [-0.15, -0.1) is 10.2 Å². The van der Waals surface area contributed by atoms with E-state index in [1.54, 1.807) is 6.07 Å². The van der Waals surface area contributed by atoms with Crippen LogP contribution in [-0.4, -0.2) is 32.8 Å². The van der Waals surface area contributed by atoms with Gasteiger partial charge in [-0.05, 0) is 37.1 Å². The second-order valence-electron chi connectivity index (χ2n) is 6.56. The molecule has 27 heavy (non-hydrogen) atoms. The van der Waals surface area contributed by atoms with Crippen LogP contribution in [0.15, 0.2) is 28.7 Å². The van der Waals surface area contributed by atoms with Crippen molar-refractivity contribution in [2.24, 2.45) is 0 Å². The molecule has 3 heterocycles. The minimum Gasteiger partial charge on any atom is -0.464 e. The van der Waals surface area contributed by atoms with E-state index in [0.29, 0.717) is 6.54 Å². The standard InChI is InChI=1S/C19H20BrN5O2/c1-27-19(26)16-10-15(13-9-12(20)6-7-14(13)22-16)21-11-18-24-23-17-5-3-2-4-8-25(17)18/h6-7,9-10H,2-5,8,11H2,1H3,(H,21,22). The molecule has 140 valence electrons. The summed E-state index contributed by atoms with van der Waals surface area (Å²) in [6.07, 6.45) is 4.51. The predicted molar refractivity (Wildman–Crippen MR) is 106 cm³/mol. The number of anilines is 1. The van der Waals surface area contributed by atoms with Crippen molar-refractivity contribution in [1.82, 2.24) is 19.7 Å². The number of halogens is 1. The number of carbonyl (C=O) groups excluding carboxylic acids is 1. The lowest BCUT2D eigenvalue weighted by Crippen LogP contribution is -2.12. The first-order valence-electron chi connectivity index (χ1n) is 8.99. The molecule has 0 radical (unpaired) electrons. The van der Waals surface area contributed by atoms with Crippen LogP contribution in [-0.2, 0) is 24.2 Å². The Morgan fingerprint density at radius 2 is 2.15 bits per heavy atom. The van der Waals surface area contributed by atoms with E-state index in [-0.39, 0.29) is 5.69 Å². The van der Waals surface area contributed by atoms with Crippen LogP contribution in [0.3, 0.4) is 0 Å².